The van der Waals surface area contributed by atoms with Gasteiger partial charge in [0, 0.05) is 69.8 Å². The molecule has 2 saturated heterocycles. The summed E-state index contributed by atoms with van der Waals surface area (Å²) in [6, 6.07) is 7.16. The maximum atomic E-state index is 15.0. The SMILES string of the molecule is CN(C)CCCC[C@H](NC(=O)CNC(=O)[C@@H](N)CSSC(C)(C)C)C(=O)N[C@@H](Cc1c[nH]c2ccccc12)C(=O)N[C@@H](CSSC(C)(C)C)C(=O)N1CCC[C@H]1C(=O)OCC(=O)N[C@@H](CCCCN)C(=O)N[C@@H](CC(=O)SCc1ccccc1)C(=O)N1CCC[C@H]1C(N)=O. The Morgan fingerprint density at radius 2 is 1.21 bits per heavy atom. The number of thioether (sulfide) groups is 1. The first-order valence-electron chi connectivity index (χ1n) is 31.8. The Balaban J connectivity index is 1.32. The molecule has 2 fully saturated rings. The largest absolute Gasteiger partial charge is 0.454 e. The van der Waals surface area contributed by atoms with Crippen LogP contribution >= 0.6 is 54.9 Å². The molecule has 13 N–H and O–H groups in total. The van der Waals surface area contributed by atoms with Crippen molar-refractivity contribution in [3.8, 4) is 0 Å². The second-order valence-corrected chi connectivity index (χ2v) is 33.0. The van der Waals surface area contributed by atoms with Crippen molar-refractivity contribution in [1.29, 1.82) is 0 Å². The third-order valence-electron chi connectivity index (χ3n) is 15.1. The normalized spacial score (nSPS) is 16.9. The molecule has 0 saturated carbocycles. The van der Waals surface area contributed by atoms with Gasteiger partial charge >= 0.3 is 5.97 Å². The van der Waals surface area contributed by atoms with Gasteiger partial charge in [0.05, 0.1) is 12.6 Å². The Hall–Kier alpha value is -6.02. The molecule has 5 rings (SSSR count). The third kappa shape index (κ3) is 27.2. The zero-order valence-corrected chi connectivity index (χ0v) is 59.3. The number of carbonyl (C=O) groups excluding carboxylic acids is 11. The van der Waals surface area contributed by atoms with Crippen molar-refractivity contribution in [2.24, 2.45) is 17.2 Å². The zero-order valence-electron chi connectivity index (χ0n) is 55.3. The number of amides is 9. The number of hydrogen-bond acceptors (Lipinski definition) is 20. The number of likely N-dealkylation sites (tertiary alicyclic amines) is 2. The highest BCUT2D eigenvalue weighted by Crippen LogP contribution is 2.37. The Morgan fingerprint density at radius 3 is 1.84 bits per heavy atom. The minimum atomic E-state index is -1.42. The number of rotatable bonds is 38. The van der Waals surface area contributed by atoms with Crippen LogP contribution in [0.3, 0.4) is 0 Å². The van der Waals surface area contributed by atoms with E-state index < -0.39 is 132 Å². The summed E-state index contributed by atoms with van der Waals surface area (Å²) in [4.78, 5) is 161. The number of primary amides is 1. The molecule has 3 heterocycles. The van der Waals surface area contributed by atoms with Gasteiger partial charge in [0.15, 0.2) is 11.7 Å². The molecule has 0 bridgehead atoms. The van der Waals surface area contributed by atoms with Crippen molar-refractivity contribution in [3.63, 3.8) is 0 Å². The summed E-state index contributed by atoms with van der Waals surface area (Å²) in [6.45, 7) is 12.0. The molecule has 3 aromatic rings. The van der Waals surface area contributed by atoms with Crippen LogP contribution in [0.25, 0.3) is 10.9 Å². The number of para-hydroxylation sites is 1. The van der Waals surface area contributed by atoms with Crippen LogP contribution in [-0.4, -0.2) is 207 Å². The lowest BCUT2D eigenvalue weighted by Gasteiger charge is -2.30. The molecule has 0 aliphatic carbocycles. The highest BCUT2D eigenvalue weighted by atomic mass is 33.1. The number of nitrogens with zero attached hydrogens (tertiary/aromatic N) is 3. The van der Waals surface area contributed by atoms with Gasteiger partial charge in [0.1, 0.15) is 42.3 Å². The Labute approximate surface area is 572 Å². The van der Waals surface area contributed by atoms with Gasteiger partial charge in [-0.3, -0.25) is 47.9 Å². The van der Waals surface area contributed by atoms with Gasteiger partial charge in [-0.2, -0.15) is 0 Å². The molecular formula is C64H97N13O12S5. The van der Waals surface area contributed by atoms with Gasteiger partial charge in [-0.15, -0.1) is 0 Å². The number of ether oxygens (including phenoxy) is 1. The van der Waals surface area contributed by atoms with Crippen LogP contribution in [-0.2, 0) is 69.7 Å². The minimum Gasteiger partial charge on any atom is -0.454 e. The summed E-state index contributed by atoms with van der Waals surface area (Å²) in [7, 11) is 9.67. The van der Waals surface area contributed by atoms with Crippen molar-refractivity contribution < 1.29 is 57.5 Å². The minimum absolute atomic E-state index is 0.0273. The van der Waals surface area contributed by atoms with E-state index in [1.165, 1.54) is 42.2 Å². The highest BCUT2D eigenvalue weighted by molar-refractivity contribution is 8.77. The van der Waals surface area contributed by atoms with E-state index in [0.29, 0.717) is 68.6 Å². The van der Waals surface area contributed by atoms with Crippen LogP contribution in [0.15, 0.2) is 60.8 Å². The predicted molar refractivity (Wildman–Crippen MR) is 375 cm³/mol. The number of aromatic nitrogens is 1. The number of nitrogens with two attached hydrogens (primary N) is 3. The van der Waals surface area contributed by atoms with Crippen molar-refractivity contribution in [3.05, 3.63) is 71.9 Å². The van der Waals surface area contributed by atoms with Gasteiger partial charge < -0.3 is 73.5 Å². The average molecular weight is 1400 g/mol. The van der Waals surface area contributed by atoms with E-state index in [1.54, 1.807) is 17.0 Å². The first kappa shape index (κ1) is 78.7. The van der Waals surface area contributed by atoms with E-state index in [2.05, 4.69) is 36.9 Å². The molecule has 0 spiro atoms. The highest BCUT2D eigenvalue weighted by Gasteiger charge is 2.42. The molecule has 25 nitrogen and oxygen atoms in total. The number of carbonyl (C=O) groups is 11. The monoisotopic (exact) mass is 1400 g/mol. The molecule has 2 aliphatic rings. The van der Waals surface area contributed by atoms with E-state index in [1.807, 2.05) is 115 Å². The Kier molecular flexibility index (Phi) is 32.9. The fraction of sp³-hybridized carbons (Fsp3) is 0.609. The van der Waals surface area contributed by atoms with Crippen LogP contribution < -0.4 is 49.1 Å². The van der Waals surface area contributed by atoms with Crippen molar-refractivity contribution in [2.75, 3.05) is 64.9 Å². The van der Waals surface area contributed by atoms with Gasteiger partial charge in [-0.1, -0.05) is 145 Å². The number of H-pyrrole nitrogens is 1. The summed E-state index contributed by atoms with van der Waals surface area (Å²) in [5.74, 6) is -6.58. The van der Waals surface area contributed by atoms with E-state index in [9.17, 15) is 47.9 Å². The second-order valence-electron chi connectivity index (χ2n) is 25.6. The number of aromatic amines is 1. The average Bonchev–Trinajstić information content (AvgIpc) is 1.13. The summed E-state index contributed by atoms with van der Waals surface area (Å²) < 4.78 is 5.23. The number of nitrogens with one attached hydrogen (secondary N) is 7. The molecule has 520 valence electrons. The maximum absolute atomic E-state index is 15.0. The second kappa shape index (κ2) is 39.3. The number of benzene rings is 2. The summed E-state index contributed by atoms with van der Waals surface area (Å²) >= 11 is 0.962. The molecule has 30 heteroatoms. The van der Waals surface area contributed by atoms with Crippen molar-refractivity contribution in [2.45, 2.75) is 182 Å². The topological polar surface area (TPSA) is 373 Å². The third-order valence-corrected chi connectivity index (χ3v) is 22.7. The molecular weight excluding hydrogens is 1300 g/mol. The quantitative estimate of drug-likeness (QED) is 0.0222. The van der Waals surface area contributed by atoms with Crippen LogP contribution in [0.2, 0.25) is 0 Å². The molecule has 1 aromatic heterocycles. The van der Waals surface area contributed by atoms with E-state index in [0.717, 1.165) is 28.2 Å². The van der Waals surface area contributed by atoms with Crippen LogP contribution in [0, 0.1) is 0 Å². The van der Waals surface area contributed by atoms with E-state index >= 15 is 4.79 Å². The fourth-order valence-electron chi connectivity index (χ4n) is 10.3. The number of fused-ring (bicyclic) bond motifs is 1. The van der Waals surface area contributed by atoms with Crippen molar-refractivity contribution in [1.82, 2.24) is 51.6 Å². The van der Waals surface area contributed by atoms with Gasteiger partial charge in [-0.25, -0.2) is 4.79 Å². The zero-order chi connectivity index (χ0) is 69.1. The predicted octanol–water partition coefficient (Wildman–Crippen LogP) is 3.66. The smallest absolute Gasteiger partial charge is 0.329 e. The lowest BCUT2D eigenvalue weighted by atomic mass is 10.0. The molecule has 0 unspecified atom stereocenters. The molecule has 94 heavy (non-hydrogen) atoms. The number of unbranched alkanes of at least 4 members (excludes halogenated alkanes) is 2. The molecule has 8 atom stereocenters. The lowest BCUT2D eigenvalue weighted by Crippen LogP contribution is -2.59. The molecule has 2 aliphatic heterocycles. The summed E-state index contributed by atoms with van der Waals surface area (Å²) in [6.07, 6.45) is 4.81. The molecule has 0 radical (unpaired) electrons. The number of esters is 1. The number of hydrogen-bond donors (Lipinski definition) is 10. The van der Waals surface area contributed by atoms with Crippen LogP contribution in [0.1, 0.15) is 123 Å². The maximum Gasteiger partial charge on any atom is 0.329 e. The van der Waals surface area contributed by atoms with Gasteiger partial charge in [-0.05, 0) is 109 Å². The summed E-state index contributed by atoms with van der Waals surface area (Å²) in [5, 5.41) is 16.8. The van der Waals surface area contributed by atoms with Crippen molar-refractivity contribution >= 4 is 130 Å². The van der Waals surface area contributed by atoms with Crippen LogP contribution in [0.4, 0.5) is 0 Å². The standard InChI is InChI=1S/C64H97N13O12S5/c1-63(2,3)93-91-38-43(66)56(82)69-35-52(78)70-45(25-15-17-29-75(7)8)57(83)72-47(32-41-34-68-44-23-13-12-22-42(41)44)59(85)74-49(39-92-94-64(4,5)6)61(87)77-31-19-27-51(77)62(88)89-36-53(79)71-46(24-14-16-28-65)58(84)73-48(60(86)76-30-18-26-50(76)55(67)81)33-54(80)90-37-40-20-10-9-11-21-40/h9-13,20-23,34,43,45-51,68H,14-19,24-33,35-39,65-66H2,1-8H3,(H2,67,81)(H,69,82)(H,70,78)(H,71,79)(H,72,83)(H,73,84)(H,74,85)/t43-,45-,46-,47-,48-,49-,50-,51-/m0/s1. The van der Waals surface area contributed by atoms with Gasteiger partial charge in [0.2, 0.25) is 47.3 Å². The molecule has 9 amide bonds. The first-order chi connectivity index (χ1) is 44.5. The van der Waals surface area contributed by atoms with E-state index in [4.69, 9.17) is 21.9 Å². The van der Waals surface area contributed by atoms with Crippen LogP contribution in [0.5, 0.6) is 0 Å². The fourth-order valence-corrected chi connectivity index (χ4v) is 16.0. The summed E-state index contributed by atoms with van der Waals surface area (Å²) in [5.41, 5.74) is 19.9. The Morgan fingerprint density at radius 1 is 0.660 bits per heavy atom. The molecule has 2 aromatic carbocycles. The van der Waals surface area contributed by atoms with Gasteiger partial charge in [0.25, 0.3) is 5.91 Å². The van der Waals surface area contributed by atoms with E-state index in [-0.39, 0.29) is 60.6 Å². The first-order valence-corrected chi connectivity index (χ1v) is 37.5. The Bertz CT molecular complexity index is 3040. The lowest BCUT2D eigenvalue weighted by molar-refractivity contribution is -0.156.